The van der Waals surface area contributed by atoms with Gasteiger partial charge in [-0.25, -0.2) is 0 Å². The second-order valence-electron chi connectivity index (χ2n) is 6.31. The number of para-hydroxylation sites is 1. The Hall–Kier alpha value is -3.22. The van der Waals surface area contributed by atoms with Gasteiger partial charge in [-0.3, -0.25) is 9.59 Å². The number of benzene rings is 2. The van der Waals surface area contributed by atoms with Crippen LogP contribution in [0.25, 0.3) is 0 Å². The van der Waals surface area contributed by atoms with Gasteiger partial charge in [-0.1, -0.05) is 18.2 Å². The highest BCUT2D eigenvalue weighted by Crippen LogP contribution is 2.28. The van der Waals surface area contributed by atoms with Gasteiger partial charge in [-0.15, -0.1) is 0 Å². The third-order valence-electron chi connectivity index (χ3n) is 4.12. The Kier molecular flexibility index (Phi) is 7.68. The van der Waals surface area contributed by atoms with E-state index in [4.69, 9.17) is 19.9 Å². The minimum Gasteiger partial charge on any atom is -0.493 e. The molecule has 0 atom stereocenters. The van der Waals surface area contributed by atoms with Gasteiger partial charge in [-0.2, -0.15) is 0 Å². The molecule has 0 saturated heterocycles. The average molecular weight is 386 g/mol. The van der Waals surface area contributed by atoms with Gasteiger partial charge in [0.15, 0.2) is 18.1 Å². The monoisotopic (exact) mass is 386 g/mol. The predicted molar refractivity (Wildman–Crippen MR) is 106 cm³/mol. The van der Waals surface area contributed by atoms with Crippen molar-refractivity contribution >= 4 is 11.8 Å². The maximum Gasteiger partial charge on any atom is 0.255 e. The summed E-state index contributed by atoms with van der Waals surface area (Å²) in [6.45, 7) is 2.80. The Morgan fingerprint density at radius 1 is 1.04 bits per heavy atom. The van der Waals surface area contributed by atoms with Crippen molar-refractivity contribution in [3.63, 3.8) is 0 Å². The zero-order chi connectivity index (χ0) is 20.5. The number of ether oxygens (including phenoxy) is 3. The molecule has 0 unspecified atom stereocenters. The topological polar surface area (TPSA) is 91.1 Å². The number of nitrogens with zero attached hydrogens (tertiary/aromatic N) is 1. The minimum atomic E-state index is -0.588. The summed E-state index contributed by atoms with van der Waals surface area (Å²) >= 11 is 0. The molecule has 0 heterocycles. The Balaban J connectivity index is 1.89. The summed E-state index contributed by atoms with van der Waals surface area (Å²) in [5.41, 5.74) is 6.62. The van der Waals surface area contributed by atoms with Crippen LogP contribution in [0.2, 0.25) is 0 Å². The van der Waals surface area contributed by atoms with Crippen LogP contribution in [0.5, 0.6) is 17.2 Å². The molecule has 28 heavy (non-hydrogen) atoms. The summed E-state index contributed by atoms with van der Waals surface area (Å²) < 4.78 is 16.3. The molecule has 7 nitrogen and oxygen atoms in total. The molecule has 0 saturated carbocycles. The van der Waals surface area contributed by atoms with Gasteiger partial charge >= 0.3 is 0 Å². The minimum absolute atomic E-state index is 0.143. The van der Waals surface area contributed by atoms with Crippen LogP contribution in [-0.4, -0.2) is 50.6 Å². The van der Waals surface area contributed by atoms with E-state index in [9.17, 15) is 9.59 Å². The molecule has 0 radical (unpaired) electrons. The van der Waals surface area contributed by atoms with Crippen LogP contribution in [0.15, 0.2) is 42.5 Å². The molecule has 0 aliphatic heterocycles. The molecular formula is C21H26N2O5. The number of hydrogen-bond acceptors (Lipinski definition) is 5. The summed E-state index contributed by atoms with van der Waals surface area (Å²) in [7, 11) is 3.20. The van der Waals surface area contributed by atoms with Gasteiger partial charge in [0, 0.05) is 19.2 Å². The second kappa shape index (κ2) is 10.2. The van der Waals surface area contributed by atoms with Crippen LogP contribution in [-0.2, 0) is 4.79 Å². The number of carbonyl (C=O) groups excluding carboxylic acids is 2. The second-order valence-corrected chi connectivity index (χ2v) is 6.31. The van der Waals surface area contributed by atoms with E-state index in [0.717, 1.165) is 11.3 Å². The molecule has 2 N–H and O–H groups in total. The molecule has 0 aliphatic carbocycles. The first-order valence-corrected chi connectivity index (χ1v) is 8.95. The third-order valence-corrected chi connectivity index (χ3v) is 4.12. The predicted octanol–water partition coefficient (Wildman–Crippen LogP) is 2.41. The summed E-state index contributed by atoms with van der Waals surface area (Å²) in [5, 5.41) is 0. The van der Waals surface area contributed by atoms with Crippen molar-refractivity contribution in [2.75, 3.05) is 33.9 Å². The zero-order valence-corrected chi connectivity index (χ0v) is 16.4. The van der Waals surface area contributed by atoms with E-state index >= 15 is 0 Å². The lowest BCUT2D eigenvalue weighted by molar-refractivity contribution is -0.119. The van der Waals surface area contributed by atoms with E-state index < -0.39 is 5.91 Å². The van der Waals surface area contributed by atoms with Crippen LogP contribution < -0.4 is 19.9 Å². The number of hydrogen-bond donors (Lipinski definition) is 1. The molecule has 0 spiro atoms. The Morgan fingerprint density at radius 3 is 2.46 bits per heavy atom. The Labute approximate surface area is 165 Å². The largest absolute Gasteiger partial charge is 0.493 e. The maximum absolute atomic E-state index is 12.6. The standard InChI is InChI=1S/C21H26N2O5/c1-15-7-4-5-8-17(15)27-12-6-11-23(2)21(25)16-9-10-18(19(13-16)26-3)28-14-20(22)24/h4-5,7-10,13H,6,11-12,14H2,1-3H3,(H2,22,24). The van der Waals surface area contributed by atoms with Crippen molar-refractivity contribution < 1.29 is 23.8 Å². The lowest BCUT2D eigenvalue weighted by Gasteiger charge is -2.18. The summed E-state index contributed by atoms with van der Waals surface area (Å²) in [4.78, 5) is 25.1. The van der Waals surface area contributed by atoms with Gasteiger partial charge in [0.05, 0.1) is 13.7 Å². The van der Waals surface area contributed by atoms with Crippen molar-refractivity contribution in [2.24, 2.45) is 5.73 Å². The Morgan fingerprint density at radius 2 is 1.79 bits per heavy atom. The van der Waals surface area contributed by atoms with E-state index in [1.807, 2.05) is 31.2 Å². The third kappa shape index (κ3) is 5.90. The molecule has 150 valence electrons. The first-order valence-electron chi connectivity index (χ1n) is 8.95. The molecule has 0 aromatic heterocycles. The number of carbonyl (C=O) groups is 2. The van der Waals surface area contributed by atoms with Crippen molar-refractivity contribution in [2.45, 2.75) is 13.3 Å². The smallest absolute Gasteiger partial charge is 0.255 e. The number of rotatable bonds is 10. The number of primary amides is 1. The highest BCUT2D eigenvalue weighted by atomic mass is 16.5. The zero-order valence-electron chi connectivity index (χ0n) is 16.4. The molecule has 2 aromatic carbocycles. The first kappa shape index (κ1) is 21.1. The molecule has 0 bridgehead atoms. The Bertz CT molecular complexity index is 822. The number of methoxy groups -OCH3 is 1. The van der Waals surface area contributed by atoms with Gasteiger partial charge < -0.3 is 24.8 Å². The summed E-state index contributed by atoms with van der Waals surface area (Å²) in [6, 6.07) is 12.6. The van der Waals surface area contributed by atoms with Gasteiger partial charge in [-0.05, 0) is 43.2 Å². The quantitative estimate of drug-likeness (QED) is 0.633. The molecule has 0 aliphatic rings. The first-order chi connectivity index (χ1) is 13.4. The maximum atomic E-state index is 12.6. The van der Waals surface area contributed by atoms with Crippen molar-refractivity contribution in [1.29, 1.82) is 0 Å². The van der Waals surface area contributed by atoms with Crippen molar-refractivity contribution in [3.8, 4) is 17.2 Å². The van der Waals surface area contributed by atoms with Crippen LogP contribution >= 0.6 is 0 Å². The van der Waals surface area contributed by atoms with E-state index in [1.54, 1.807) is 30.1 Å². The fourth-order valence-corrected chi connectivity index (χ4v) is 2.59. The van der Waals surface area contributed by atoms with E-state index in [1.165, 1.54) is 7.11 Å². The van der Waals surface area contributed by atoms with Crippen molar-refractivity contribution in [1.82, 2.24) is 4.90 Å². The van der Waals surface area contributed by atoms with Gasteiger partial charge in [0.1, 0.15) is 5.75 Å². The summed E-state index contributed by atoms with van der Waals surface area (Å²) in [5.74, 6) is 0.841. The fraction of sp³-hybridized carbons (Fsp3) is 0.333. The number of nitrogens with two attached hydrogens (primary N) is 1. The highest BCUT2D eigenvalue weighted by Gasteiger charge is 2.15. The summed E-state index contributed by atoms with van der Waals surface area (Å²) in [6.07, 6.45) is 0.702. The highest BCUT2D eigenvalue weighted by molar-refractivity contribution is 5.94. The number of amides is 2. The van der Waals surface area contributed by atoms with Crippen LogP contribution in [0.4, 0.5) is 0 Å². The lowest BCUT2D eigenvalue weighted by Crippen LogP contribution is -2.28. The molecule has 0 fully saturated rings. The molecule has 2 amide bonds. The molecular weight excluding hydrogens is 360 g/mol. The van der Waals surface area contributed by atoms with Gasteiger partial charge in [0.25, 0.3) is 11.8 Å². The van der Waals surface area contributed by atoms with Crippen LogP contribution in [0.3, 0.4) is 0 Å². The molecule has 2 aromatic rings. The van der Waals surface area contributed by atoms with E-state index in [-0.39, 0.29) is 12.5 Å². The molecule has 2 rings (SSSR count). The fourth-order valence-electron chi connectivity index (χ4n) is 2.59. The van der Waals surface area contributed by atoms with E-state index in [2.05, 4.69) is 0 Å². The lowest BCUT2D eigenvalue weighted by atomic mass is 10.1. The van der Waals surface area contributed by atoms with Crippen molar-refractivity contribution in [3.05, 3.63) is 53.6 Å². The van der Waals surface area contributed by atoms with Crippen LogP contribution in [0.1, 0.15) is 22.3 Å². The number of aryl methyl sites for hydroxylation is 1. The van der Waals surface area contributed by atoms with Gasteiger partial charge in [0.2, 0.25) is 0 Å². The average Bonchev–Trinajstić information content (AvgIpc) is 2.69. The normalized spacial score (nSPS) is 10.2. The molecule has 7 heteroatoms. The van der Waals surface area contributed by atoms with Crippen LogP contribution in [0, 0.1) is 6.92 Å². The van der Waals surface area contributed by atoms with E-state index in [0.29, 0.717) is 36.6 Å². The SMILES string of the molecule is COc1cc(C(=O)N(C)CCCOc2ccccc2C)ccc1OCC(N)=O.